The molecule has 0 unspecified atom stereocenters. The largest absolute Gasteiger partial charge is 0.345 e. The van der Waals surface area contributed by atoms with Crippen LogP contribution in [0.4, 0.5) is 28.4 Å². The highest BCUT2D eigenvalue weighted by Crippen LogP contribution is 2.38. The van der Waals surface area contributed by atoms with Crippen LogP contribution in [0.25, 0.3) is 32.7 Å². The van der Waals surface area contributed by atoms with Crippen molar-refractivity contribution in [3.63, 3.8) is 0 Å². The van der Waals surface area contributed by atoms with E-state index < -0.39 is 0 Å². The molecule has 7 aromatic carbocycles. The number of anilines is 5. The van der Waals surface area contributed by atoms with E-state index >= 15 is 0 Å². The van der Waals surface area contributed by atoms with Gasteiger partial charge < -0.3 is 9.80 Å². The van der Waals surface area contributed by atoms with E-state index in [1.165, 1.54) is 38.4 Å². The van der Waals surface area contributed by atoms with Gasteiger partial charge in [0.25, 0.3) is 0 Å². The minimum atomic E-state index is 1.12. The fourth-order valence-electron chi connectivity index (χ4n) is 5.56. The summed E-state index contributed by atoms with van der Waals surface area (Å²) in [6.45, 7) is 0. The minimum absolute atomic E-state index is 1.12. The molecule has 0 aromatic heterocycles. The van der Waals surface area contributed by atoms with Crippen molar-refractivity contribution in [2.45, 2.75) is 0 Å². The van der Waals surface area contributed by atoms with Crippen LogP contribution in [0.3, 0.4) is 0 Å². The van der Waals surface area contributed by atoms with Gasteiger partial charge in [-0.3, -0.25) is 0 Å². The van der Waals surface area contributed by atoms with Gasteiger partial charge in [0.1, 0.15) is 0 Å². The molecule has 0 aliphatic rings. The fourth-order valence-corrected chi connectivity index (χ4v) is 5.56. The molecule has 2 heteroatoms. The summed E-state index contributed by atoms with van der Waals surface area (Å²) >= 11 is 0. The normalized spacial score (nSPS) is 11.0. The number of benzene rings is 7. The van der Waals surface area contributed by atoms with Crippen LogP contribution in [0, 0.1) is 0 Å². The van der Waals surface area contributed by atoms with E-state index in [4.69, 9.17) is 0 Å². The molecular weight excluding hydrogens is 496 g/mol. The van der Waals surface area contributed by atoms with E-state index in [2.05, 4.69) is 175 Å². The van der Waals surface area contributed by atoms with Crippen molar-refractivity contribution in [2.24, 2.45) is 0 Å². The molecule has 0 aliphatic heterocycles. The highest BCUT2D eigenvalue weighted by atomic mass is 15.1. The Bertz CT molecular complexity index is 1860. The van der Waals surface area contributed by atoms with Crippen molar-refractivity contribution in [1.82, 2.24) is 0 Å². The number of fused-ring (bicyclic) bond motifs is 2. The van der Waals surface area contributed by atoms with Gasteiger partial charge in [-0.25, -0.2) is 0 Å². The van der Waals surface area contributed by atoms with Gasteiger partial charge in [-0.2, -0.15) is 0 Å². The van der Waals surface area contributed by atoms with Gasteiger partial charge in [-0.1, -0.05) is 103 Å². The summed E-state index contributed by atoms with van der Waals surface area (Å²) in [6.07, 6.45) is 0. The summed E-state index contributed by atoms with van der Waals surface area (Å²) < 4.78 is 0. The smallest absolute Gasteiger partial charge is 0.0468 e. The highest BCUT2D eigenvalue weighted by molar-refractivity contribution is 5.92. The molecule has 0 fully saturated rings. The zero-order valence-corrected chi connectivity index (χ0v) is 23.0. The molecule has 0 saturated heterocycles. The van der Waals surface area contributed by atoms with Crippen LogP contribution in [-0.4, -0.2) is 7.05 Å². The Balaban J connectivity index is 1.24. The second kappa shape index (κ2) is 10.7. The van der Waals surface area contributed by atoms with Crippen molar-refractivity contribution in [3.8, 4) is 11.1 Å². The number of para-hydroxylation sites is 1. The lowest BCUT2D eigenvalue weighted by molar-refractivity contribution is 1.21. The molecular formula is C39H30N2. The molecule has 41 heavy (non-hydrogen) atoms. The molecule has 0 radical (unpaired) electrons. The van der Waals surface area contributed by atoms with Crippen molar-refractivity contribution >= 4 is 50.0 Å². The summed E-state index contributed by atoms with van der Waals surface area (Å²) in [5.74, 6) is 0. The lowest BCUT2D eigenvalue weighted by Crippen LogP contribution is -2.10. The van der Waals surface area contributed by atoms with Crippen LogP contribution in [-0.2, 0) is 0 Å². The lowest BCUT2D eigenvalue weighted by Gasteiger charge is -2.26. The van der Waals surface area contributed by atoms with E-state index in [0.29, 0.717) is 0 Å². The summed E-state index contributed by atoms with van der Waals surface area (Å²) in [6, 6.07) is 58.6. The van der Waals surface area contributed by atoms with Gasteiger partial charge >= 0.3 is 0 Å². The van der Waals surface area contributed by atoms with Crippen molar-refractivity contribution < 1.29 is 0 Å². The number of nitrogens with zero attached hydrogens (tertiary/aromatic N) is 2. The maximum absolute atomic E-state index is 2.35. The number of rotatable bonds is 6. The third kappa shape index (κ3) is 4.92. The molecule has 0 N–H and O–H groups in total. The molecule has 7 aromatic rings. The van der Waals surface area contributed by atoms with E-state index in [1.807, 2.05) is 6.07 Å². The Morgan fingerprint density at radius 1 is 0.317 bits per heavy atom. The quantitative estimate of drug-likeness (QED) is 0.213. The molecule has 0 bridgehead atoms. The predicted molar refractivity (Wildman–Crippen MR) is 176 cm³/mol. The SMILES string of the molecule is CN(c1ccccc1)c1ccc(-c2ccc(N(c3ccc4ccccc4c3)c3ccc4ccccc4c3)cc2)cc1. The summed E-state index contributed by atoms with van der Waals surface area (Å²) in [5, 5.41) is 4.94. The first-order valence-corrected chi connectivity index (χ1v) is 14.0. The Labute approximate surface area is 241 Å². The van der Waals surface area contributed by atoms with Crippen molar-refractivity contribution in [2.75, 3.05) is 16.8 Å². The second-order valence-corrected chi connectivity index (χ2v) is 10.4. The lowest BCUT2D eigenvalue weighted by atomic mass is 10.0. The Kier molecular flexibility index (Phi) is 6.42. The van der Waals surface area contributed by atoms with E-state index in [1.54, 1.807) is 0 Å². The predicted octanol–water partition coefficient (Wildman–Crippen LogP) is 10.9. The number of hydrogen-bond acceptors (Lipinski definition) is 2. The Morgan fingerprint density at radius 3 is 1.22 bits per heavy atom. The maximum atomic E-state index is 2.35. The molecule has 2 nitrogen and oxygen atoms in total. The van der Waals surface area contributed by atoms with Crippen LogP contribution in [0.15, 0.2) is 164 Å². The molecule has 0 aliphatic carbocycles. The third-order valence-corrected chi connectivity index (χ3v) is 7.84. The van der Waals surface area contributed by atoms with E-state index in [0.717, 1.165) is 22.7 Å². The van der Waals surface area contributed by atoms with Crippen LogP contribution in [0.5, 0.6) is 0 Å². The van der Waals surface area contributed by atoms with Gasteiger partial charge in [-0.05, 0) is 93.3 Å². The molecule has 0 spiro atoms. The summed E-state index contributed by atoms with van der Waals surface area (Å²) in [4.78, 5) is 4.55. The zero-order chi connectivity index (χ0) is 27.6. The number of hydrogen-bond donors (Lipinski definition) is 0. The third-order valence-electron chi connectivity index (χ3n) is 7.84. The summed E-state index contributed by atoms with van der Waals surface area (Å²) in [5.41, 5.74) is 8.13. The monoisotopic (exact) mass is 526 g/mol. The van der Waals surface area contributed by atoms with E-state index in [9.17, 15) is 0 Å². The zero-order valence-electron chi connectivity index (χ0n) is 23.0. The van der Waals surface area contributed by atoms with Crippen molar-refractivity contribution in [1.29, 1.82) is 0 Å². The fraction of sp³-hybridized carbons (Fsp3) is 0.0256. The van der Waals surface area contributed by atoms with Crippen LogP contribution in [0.2, 0.25) is 0 Å². The second-order valence-electron chi connectivity index (χ2n) is 10.4. The Morgan fingerprint density at radius 2 is 0.707 bits per heavy atom. The van der Waals surface area contributed by atoms with Gasteiger partial charge in [0.15, 0.2) is 0 Å². The topological polar surface area (TPSA) is 6.48 Å². The van der Waals surface area contributed by atoms with Crippen LogP contribution in [0.1, 0.15) is 0 Å². The Hall–Kier alpha value is -5.34. The molecule has 0 atom stereocenters. The molecule has 0 saturated carbocycles. The van der Waals surface area contributed by atoms with E-state index in [-0.39, 0.29) is 0 Å². The van der Waals surface area contributed by atoms with Gasteiger partial charge in [0.05, 0.1) is 0 Å². The van der Waals surface area contributed by atoms with Crippen molar-refractivity contribution in [3.05, 3.63) is 164 Å². The molecule has 7 rings (SSSR count). The summed E-state index contributed by atoms with van der Waals surface area (Å²) in [7, 11) is 2.10. The first kappa shape index (κ1) is 24.7. The van der Waals surface area contributed by atoms with Gasteiger partial charge in [-0.15, -0.1) is 0 Å². The first-order chi connectivity index (χ1) is 20.2. The van der Waals surface area contributed by atoms with Crippen LogP contribution < -0.4 is 9.80 Å². The maximum Gasteiger partial charge on any atom is 0.0468 e. The molecule has 196 valence electrons. The van der Waals surface area contributed by atoms with Gasteiger partial charge in [0.2, 0.25) is 0 Å². The van der Waals surface area contributed by atoms with Crippen LogP contribution >= 0.6 is 0 Å². The standard InChI is InChI=1S/C39H30N2/c1-40(35-13-3-2-4-14-35)36-21-15-31(16-22-36)32-17-23-37(24-18-32)41(38-25-19-29-9-5-7-11-33(29)27-38)39-26-20-30-10-6-8-12-34(30)28-39/h2-28H,1H3. The molecule has 0 amide bonds. The molecule has 0 heterocycles. The minimum Gasteiger partial charge on any atom is -0.345 e. The average molecular weight is 527 g/mol. The highest BCUT2D eigenvalue weighted by Gasteiger charge is 2.14. The average Bonchev–Trinajstić information content (AvgIpc) is 3.05. The van der Waals surface area contributed by atoms with Gasteiger partial charge in [0, 0.05) is 35.5 Å². The first-order valence-electron chi connectivity index (χ1n) is 14.0.